The van der Waals surface area contributed by atoms with Crippen LogP contribution in [0.5, 0.6) is 17.6 Å². The van der Waals surface area contributed by atoms with Crippen LogP contribution in [0.15, 0.2) is 53.7 Å². The van der Waals surface area contributed by atoms with Crippen LogP contribution >= 0.6 is 0 Å². The molecule has 12 nitrogen and oxygen atoms in total. The number of carboxylic acids is 1. The molecule has 0 amide bonds. The second kappa shape index (κ2) is 11.6. The summed E-state index contributed by atoms with van der Waals surface area (Å²) in [5, 5.41) is 18.8. The first kappa shape index (κ1) is 28.1. The van der Waals surface area contributed by atoms with Gasteiger partial charge in [0.1, 0.15) is 10.6 Å². The summed E-state index contributed by atoms with van der Waals surface area (Å²) in [4.78, 5) is 24.4. The molecule has 1 aliphatic carbocycles. The van der Waals surface area contributed by atoms with E-state index in [0.29, 0.717) is 33.5 Å². The molecule has 41 heavy (non-hydrogen) atoms. The highest BCUT2D eigenvalue weighted by Crippen LogP contribution is 2.37. The number of primary sulfonamides is 1. The van der Waals surface area contributed by atoms with Crippen LogP contribution in [0.25, 0.3) is 22.0 Å². The van der Waals surface area contributed by atoms with Gasteiger partial charge in [0.15, 0.2) is 0 Å². The van der Waals surface area contributed by atoms with Gasteiger partial charge in [0.25, 0.3) is 0 Å². The molecule has 2 heterocycles. The molecule has 2 aromatic carbocycles. The molecular formula is C28H29N5O7S. The summed E-state index contributed by atoms with van der Waals surface area (Å²) in [5.41, 5.74) is 2.12. The summed E-state index contributed by atoms with van der Waals surface area (Å²) < 4.78 is 41.7. The average Bonchev–Trinajstić information content (AvgIpc) is 2.96. The first-order chi connectivity index (χ1) is 19.7. The maximum atomic E-state index is 12.6. The minimum atomic E-state index is -4.21. The lowest BCUT2D eigenvalue weighted by molar-refractivity contribution is 0.0695. The van der Waals surface area contributed by atoms with Crippen molar-refractivity contribution < 1.29 is 32.5 Å². The minimum Gasteiger partial charge on any atom is -0.490 e. The van der Waals surface area contributed by atoms with E-state index >= 15 is 0 Å². The van der Waals surface area contributed by atoms with Crippen molar-refractivity contribution in [3.8, 4) is 28.8 Å². The van der Waals surface area contributed by atoms with Gasteiger partial charge in [0.05, 0.1) is 42.7 Å². The van der Waals surface area contributed by atoms with Crippen LogP contribution in [-0.4, -0.2) is 54.8 Å². The largest absolute Gasteiger partial charge is 0.490 e. The average molecular weight is 580 g/mol. The minimum absolute atomic E-state index is 0.00906. The Kier molecular flexibility index (Phi) is 7.90. The fourth-order valence-corrected chi connectivity index (χ4v) is 5.52. The number of carboxylic acid groups (broad SMARTS) is 1. The molecule has 0 spiro atoms. The van der Waals surface area contributed by atoms with E-state index in [0.717, 1.165) is 38.3 Å². The third kappa shape index (κ3) is 6.15. The number of nitrogens with zero attached hydrogens (tertiary/aromatic N) is 3. The fourth-order valence-electron chi connectivity index (χ4n) is 4.87. The molecule has 13 heteroatoms. The first-order valence-corrected chi connectivity index (χ1v) is 14.4. The standard InChI is InChI=1S/C28H29N5O7S/c1-38-26-22(14-31-28(33-26)39-2)16-8-9-21-23(12-16)30-15-24(41(29,36)37)25(21)32-18-10-17(27(34)35)11-20(13-18)40-19-6-4-3-5-7-19/h8-15,19H,3-7H2,1-2H3,(H,30,32)(H,34,35)(H2,29,36,37). The summed E-state index contributed by atoms with van der Waals surface area (Å²) in [6, 6.07) is 9.80. The van der Waals surface area contributed by atoms with Gasteiger partial charge < -0.3 is 24.6 Å². The lowest BCUT2D eigenvalue weighted by atomic mass is 9.98. The Hall–Kier alpha value is -4.49. The molecule has 1 aliphatic rings. The molecular weight excluding hydrogens is 550 g/mol. The summed E-state index contributed by atoms with van der Waals surface area (Å²) in [7, 11) is -1.29. The zero-order valence-electron chi connectivity index (χ0n) is 22.5. The number of rotatable bonds is 9. The fraction of sp³-hybridized carbons (Fsp3) is 0.286. The molecule has 0 radical (unpaired) electrons. The normalized spacial score (nSPS) is 14.0. The number of aromatic carboxylic acids is 1. The maximum absolute atomic E-state index is 12.6. The van der Waals surface area contributed by atoms with E-state index in [1.807, 2.05) is 0 Å². The van der Waals surface area contributed by atoms with Gasteiger partial charge >= 0.3 is 12.0 Å². The number of sulfonamides is 1. The van der Waals surface area contributed by atoms with Gasteiger partial charge in [-0.15, -0.1) is 0 Å². The van der Waals surface area contributed by atoms with Gasteiger partial charge in [-0.25, -0.2) is 23.3 Å². The summed E-state index contributed by atoms with van der Waals surface area (Å²) >= 11 is 0. The number of ether oxygens (including phenoxy) is 3. The predicted molar refractivity (Wildman–Crippen MR) is 151 cm³/mol. The van der Waals surface area contributed by atoms with Crippen LogP contribution in [0.2, 0.25) is 0 Å². The molecule has 0 unspecified atom stereocenters. The number of pyridine rings is 1. The Morgan fingerprint density at radius 3 is 2.49 bits per heavy atom. The molecule has 1 saturated carbocycles. The predicted octanol–water partition coefficient (Wildman–Crippen LogP) is 4.51. The van der Waals surface area contributed by atoms with Gasteiger partial charge in [0.2, 0.25) is 15.9 Å². The van der Waals surface area contributed by atoms with Gasteiger partial charge in [-0.05, 0) is 49.4 Å². The van der Waals surface area contributed by atoms with Crippen molar-refractivity contribution in [2.75, 3.05) is 19.5 Å². The zero-order valence-corrected chi connectivity index (χ0v) is 23.3. The van der Waals surface area contributed by atoms with E-state index in [9.17, 15) is 18.3 Å². The third-order valence-electron chi connectivity index (χ3n) is 6.84. The summed E-state index contributed by atoms with van der Waals surface area (Å²) in [5.74, 6) is -0.482. The number of hydrogen-bond donors (Lipinski definition) is 3. The van der Waals surface area contributed by atoms with Crippen LogP contribution in [0.1, 0.15) is 42.5 Å². The molecule has 4 aromatic rings. The second-order valence-corrected chi connectivity index (χ2v) is 11.1. The molecule has 0 saturated heterocycles. The van der Waals surface area contributed by atoms with E-state index < -0.39 is 16.0 Å². The van der Waals surface area contributed by atoms with Crippen molar-refractivity contribution >= 4 is 38.3 Å². The van der Waals surface area contributed by atoms with Crippen molar-refractivity contribution in [2.45, 2.75) is 43.1 Å². The number of nitrogens with one attached hydrogen (secondary N) is 1. The molecule has 0 bridgehead atoms. The van der Waals surface area contributed by atoms with E-state index in [2.05, 4.69) is 20.3 Å². The number of methoxy groups -OCH3 is 2. The molecule has 0 aliphatic heterocycles. The quantitative estimate of drug-likeness (QED) is 0.254. The van der Waals surface area contributed by atoms with Gasteiger partial charge in [0, 0.05) is 29.5 Å². The molecule has 2 aromatic heterocycles. The van der Waals surface area contributed by atoms with Crippen LogP contribution in [0, 0.1) is 0 Å². The van der Waals surface area contributed by atoms with Gasteiger partial charge in [-0.2, -0.15) is 4.98 Å². The van der Waals surface area contributed by atoms with E-state index in [1.54, 1.807) is 30.5 Å². The summed E-state index contributed by atoms with van der Waals surface area (Å²) in [6.45, 7) is 0. The molecule has 214 valence electrons. The van der Waals surface area contributed by atoms with Crippen LogP contribution in [-0.2, 0) is 10.0 Å². The monoisotopic (exact) mass is 579 g/mol. The Labute approximate surface area is 236 Å². The maximum Gasteiger partial charge on any atom is 0.335 e. The van der Waals surface area contributed by atoms with Crippen LogP contribution in [0.3, 0.4) is 0 Å². The number of carbonyl (C=O) groups is 1. The first-order valence-electron chi connectivity index (χ1n) is 12.9. The van der Waals surface area contributed by atoms with E-state index in [-0.39, 0.29) is 34.1 Å². The number of benzene rings is 2. The number of fused-ring (bicyclic) bond motifs is 1. The zero-order chi connectivity index (χ0) is 29.1. The third-order valence-corrected chi connectivity index (χ3v) is 7.76. The molecule has 1 fully saturated rings. The second-order valence-electron chi connectivity index (χ2n) is 9.61. The number of anilines is 2. The smallest absolute Gasteiger partial charge is 0.335 e. The number of aromatic nitrogens is 3. The molecule has 5 rings (SSSR count). The van der Waals surface area contributed by atoms with Crippen molar-refractivity contribution in [2.24, 2.45) is 5.14 Å². The van der Waals surface area contributed by atoms with Gasteiger partial charge in [-0.3, -0.25) is 4.98 Å². The van der Waals surface area contributed by atoms with E-state index in [1.165, 1.54) is 26.4 Å². The SMILES string of the molecule is COc1ncc(-c2ccc3c(Nc4cc(OC5CCCCC5)cc(C(=O)O)c4)c(S(N)(=O)=O)cnc3c2)c(OC)n1. The highest BCUT2D eigenvalue weighted by Gasteiger charge is 2.21. The Balaban J connectivity index is 1.59. The molecule has 0 atom stereocenters. The van der Waals surface area contributed by atoms with Crippen LogP contribution in [0.4, 0.5) is 11.4 Å². The molecule has 4 N–H and O–H groups in total. The highest BCUT2D eigenvalue weighted by molar-refractivity contribution is 7.89. The summed E-state index contributed by atoms with van der Waals surface area (Å²) in [6.07, 6.45) is 7.71. The van der Waals surface area contributed by atoms with Crippen molar-refractivity contribution in [3.63, 3.8) is 0 Å². The van der Waals surface area contributed by atoms with Crippen molar-refractivity contribution in [1.82, 2.24) is 15.0 Å². The van der Waals surface area contributed by atoms with Crippen molar-refractivity contribution in [3.05, 3.63) is 54.4 Å². The lowest BCUT2D eigenvalue weighted by Crippen LogP contribution is -2.20. The van der Waals surface area contributed by atoms with Crippen molar-refractivity contribution in [1.29, 1.82) is 0 Å². The topological polar surface area (TPSA) is 176 Å². The lowest BCUT2D eigenvalue weighted by Gasteiger charge is -2.23. The highest BCUT2D eigenvalue weighted by atomic mass is 32.2. The Morgan fingerprint density at radius 1 is 1.02 bits per heavy atom. The van der Waals surface area contributed by atoms with Crippen LogP contribution < -0.4 is 24.7 Å². The Morgan fingerprint density at radius 2 is 1.80 bits per heavy atom. The van der Waals surface area contributed by atoms with E-state index in [4.69, 9.17) is 19.3 Å². The van der Waals surface area contributed by atoms with Gasteiger partial charge in [-0.1, -0.05) is 18.6 Å². The number of nitrogens with two attached hydrogens (primary N) is 1. The Bertz CT molecular complexity index is 1720. The number of hydrogen-bond acceptors (Lipinski definition) is 10.